The minimum Gasteiger partial charge on any atom is -0.301 e. The van der Waals surface area contributed by atoms with Crippen molar-refractivity contribution in [3.05, 3.63) is 112 Å². The molecule has 1 amide bonds. The van der Waals surface area contributed by atoms with Gasteiger partial charge in [-0.3, -0.25) is 4.79 Å². The average Bonchev–Trinajstić information content (AvgIpc) is 3.47. The predicted molar refractivity (Wildman–Crippen MR) is 151 cm³/mol. The number of thioether (sulfide) groups is 1. The van der Waals surface area contributed by atoms with Crippen LogP contribution in [0, 0.1) is 6.92 Å². The van der Waals surface area contributed by atoms with Crippen LogP contribution < -0.4 is 5.32 Å². The summed E-state index contributed by atoms with van der Waals surface area (Å²) >= 11 is 8.91. The van der Waals surface area contributed by atoms with Gasteiger partial charge < -0.3 is 9.88 Å². The van der Waals surface area contributed by atoms with Crippen molar-refractivity contribution in [3.8, 4) is 11.3 Å². The van der Waals surface area contributed by atoms with E-state index < -0.39 is 0 Å². The summed E-state index contributed by atoms with van der Waals surface area (Å²) in [6.45, 7) is 2.60. The first-order chi connectivity index (χ1) is 18.0. The van der Waals surface area contributed by atoms with E-state index in [0.29, 0.717) is 28.3 Å². The van der Waals surface area contributed by atoms with Crippen molar-refractivity contribution in [3.63, 3.8) is 0 Å². The summed E-state index contributed by atoms with van der Waals surface area (Å²) in [7, 11) is 0. The number of nitrogens with one attached hydrogen (secondary N) is 1. The van der Waals surface area contributed by atoms with Crippen LogP contribution in [0.3, 0.4) is 0 Å². The maximum absolute atomic E-state index is 12.8. The highest BCUT2D eigenvalue weighted by Gasteiger charge is 2.17. The third-order valence-electron chi connectivity index (χ3n) is 5.67. The van der Waals surface area contributed by atoms with Crippen molar-refractivity contribution in [2.45, 2.75) is 25.0 Å². The summed E-state index contributed by atoms with van der Waals surface area (Å²) in [5, 5.41) is 13.8. The number of carbonyl (C=O) groups excluding carboxylic acids is 1. The molecule has 0 aliphatic heterocycles. The van der Waals surface area contributed by atoms with Crippen LogP contribution >= 0.6 is 34.7 Å². The van der Waals surface area contributed by atoms with Crippen molar-refractivity contribution >= 4 is 45.7 Å². The molecule has 5 aromatic rings. The normalized spacial score (nSPS) is 11.0. The second-order valence-corrected chi connectivity index (χ2v) is 11.0. The Hall–Kier alpha value is -3.46. The van der Waals surface area contributed by atoms with Crippen molar-refractivity contribution in [1.82, 2.24) is 19.7 Å². The molecule has 0 spiro atoms. The number of anilines is 1. The van der Waals surface area contributed by atoms with Crippen molar-refractivity contribution in [1.29, 1.82) is 0 Å². The third kappa shape index (κ3) is 6.46. The van der Waals surface area contributed by atoms with Gasteiger partial charge in [-0.25, -0.2) is 4.98 Å². The van der Waals surface area contributed by atoms with Crippen molar-refractivity contribution in [2.75, 3.05) is 11.1 Å². The first kappa shape index (κ1) is 25.2. The van der Waals surface area contributed by atoms with E-state index in [1.54, 1.807) is 0 Å². The molecule has 0 radical (unpaired) electrons. The lowest BCUT2D eigenvalue weighted by molar-refractivity contribution is -0.113. The number of benzene rings is 3. The molecule has 5 rings (SSSR count). The van der Waals surface area contributed by atoms with E-state index >= 15 is 0 Å². The number of hydrogen-bond acceptors (Lipinski definition) is 6. The van der Waals surface area contributed by atoms with Gasteiger partial charge in [0.15, 0.2) is 10.3 Å². The summed E-state index contributed by atoms with van der Waals surface area (Å²) in [5.74, 6) is 0.903. The van der Waals surface area contributed by atoms with Crippen LogP contribution in [0.2, 0.25) is 5.02 Å². The molecule has 6 nitrogen and oxygen atoms in total. The molecule has 2 aromatic heterocycles. The van der Waals surface area contributed by atoms with E-state index in [-0.39, 0.29) is 11.7 Å². The number of nitrogens with zero attached hydrogens (tertiary/aromatic N) is 4. The Bertz CT molecular complexity index is 1480. The Balaban J connectivity index is 1.30. The minimum atomic E-state index is -0.135. The van der Waals surface area contributed by atoms with Gasteiger partial charge in [-0.1, -0.05) is 96.2 Å². The lowest BCUT2D eigenvalue weighted by atomic mass is 10.1. The zero-order valence-electron chi connectivity index (χ0n) is 20.1. The van der Waals surface area contributed by atoms with Crippen LogP contribution in [0.1, 0.15) is 21.8 Å². The lowest BCUT2D eigenvalue weighted by Crippen LogP contribution is -2.15. The molecule has 9 heteroatoms. The average molecular weight is 546 g/mol. The number of amides is 1. The molecule has 186 valence electrons. The molecule has 37 heavy (non-hydrogen) atoms. The highest BCUT2D eigenvalue weighted by Crippen LogP contribution is 2.30. The van der Waals surface area contributed by atoms with E-state index in [1.807, 2.05) is 79.7 Å². The monoisotopic (exact) mass is 545 g/mol. The highest BCUT2D eigenvalue weighted by molar-refractivity contribution is 7.99. The molecular formula is C28H24ClN5OS2. The van der Waals surface area contributed by atoms with Gasteiger partial charge in [-0.05, 0) is 30.2 Å². The summed E-state index contributed by atoms with van der Waals surface area (Å²) in [5.41, 5.74) is 4.15. The summed E-state index contributed by atoms with van der Waals surface area (Å²) < 4.78 is 2.06. The Kier molecular flexibility index (Phi) is 7.99. The van der Waals surface area contributed by atoms with Gasteiger partial charge in [-0.2, -0.15) is 0 Å². The van der Waals surface area contributed by atoms with Gasteiger partial charge in [0.25, 0.3) is 0 Å². The van der Waals surface area contributed by atoms with Crippen molar-refractivity contribution in [2.24, 2.45) is 0 Å². The highest BCUT2D eigenvalue weighted by atomic mass is 35.5. The summed E-state index contributed by atoms with van der Waals surface area (Å²) in [6, 6.07) is 27.9. The molecule has 0 saturated heterocycles. The second-order valence-electron chi connectivity index (χ2n) is 8.40. The molecule has 0 fully saturated rings. The zero-order valence-corrected chi connectivity index (χ0v) is 22.5. The summed E-state index contributed by atoms with van der Waals surface area (Å²) in [6.07, 6.45) is 0.648. The molecule has 0 bridgehead atoms. The molecule has 3 aromatic carbocycles. The fraction of sp³-hybridized carbons (Fsp3) is 0.143. The van der Waals surface area contributed by atoms with Crippen LogP contribution in [0.15, 0.2) is 90.1 Å². The molecular weight excluding hydrogens is 522 g/mol. The Labute approximate surface area is 228 Å². The maximum Gasteiger partial charge on any atom is 0.236 e. The van der Waals surface area contributed by atoms with E-state index in [9.17, 15) is 4.79 Å². The number of halogens is 1. The van der Waals surface area contributed by atoms with Gasteiger partial charge in [0, 0.05) is 21.9 Å². The number of carbonyl (C=O) groups is 1. The quantitative estimate of drug-likeness (QED) is 0.208. The Morgan fingerprint density at radius 1 is 0.946 bits per heavy atom. The molecule has 0 saturated carbocycles. The Morgan fingerprint density at radius 3 is 2.38 bits per heavy atom. The van der Waals surface area contributed by atoms with Gasteiger partial charge in [0.2, 0.25) is 5.91 Å². The molecule has 1 N–H and O–H groups in total. The molecule has 0 atom stereocenters. The zero-order chi connectivity index (χ0) is 25.6. The number of thiazole rings is 1. The molecule has 0 unspecified atom stereocenters. The predicted octanol–water partition coefficient (Wildman–Crippen LogP) is 6.73. The summed E-state index contributed by atoms with van der Waals surface area (Å²) in [4.78, 5) is 18.5. The smallest absolute Gasteiger partial charge is 0.236 e. The fourth-order valence-electron chi connectivity index (χ4n) is 3.87. The number of rotatable bonds is 9. The Morgan fingerprint density at radius 2 is 1.65 bits per heavy atom. The fourth-order valence-corrected chi connectivity index (χ4v) is 5.60. The van der Waals surface area contributed by atoms with Crippen LogP contribution in [0.5, 0.6) is 0 Å². The van der Waals surface area contributed by atoms with Crippen LogP contribution in [-0.4, -0.2) is 31.4 Å². The lowest BCUT2D eigenvalue weighted by Gasteiger charge is -2.11. The molecule has 0 aliphatic carbocycles. The second kappa shape index (κ2) is 11.7. The van der Waals surface area contributed by atoms with E-state index in [2.05, 4.69) is 37.2 Å². The van der Waals surface area contributed by atoms with E-state index in [4.69, 9.17) is 11.6 Å². The first-order valence-corrected chi connectivity index (χ1v) is 13.9. The number of aromatic nitrogens is 4. The number of hydrogen-bond donors (Lipinski definition) is 1. The van der Waals surface area contributed by atoms with Crippen LogP contribution in [0.4, 0.5) is 5.13 Å². The van der Waals surface area contributed by atoms with Crippen LogP contribution in [-0.2, 0) is 17.8 Å². The van der Waals surface area contributed by atoms with Gasteiger partial charge in [-0.15, -0.1) is 21.5 Å². The van der Waals surface area contributed by atoms with Gasteiger partial charge in [0.05, 0.1) is 18.0 Å². The van der Waals surface area contributed by atoms with Gasteiger partial charge in [0.1, 0.15) is 5.82 Å². The van der Waals surface area contributed by atoms with E-state index in [1.165, 1.54) is 23.1 Å². The van der Waals surface area contributed by atoms with Crippen molar-refractivity contribution < 1.29 is 4.79 Å². The first-order valence-electron chi connectivity index (χ1n) is 11.7. The topological polar surface area (TPSA) is 72.7 Å². The maximum atomic E-state index is 12.8. The standard InChI is InChI=1S/C28H24ClN5OS2/c1-19-26(22-10-6-3-7-11-22)31-27(37-19)30-25(35)18-36-28-33-32-24(16-20-8-4-2-5-9-20)34(28)17-21-12-14-23(29)15-13-21/h2-15H,16-18H2,1H3,(H,30,31,35). The SMILES string of the molecule is Cc1sc(NC(=O)CSc2nnc(Cc3ccccc3)n2Cc2ccc(Cl)cc2)nc1-c1ccccc1. The minimum absolute atomic E-state index is 0.135. The third-order valence-corrected chi connectivity index (χ3v) is 7.78. The van der Waals surface area contributed by atoms with Gasteiger partial charge >= 0.3 is 0 Å². The van der Waals surface area contributed by atoms with Crippen LogP contribution in [0.25, 0.3) is 11.3 Å². The van der Waals surface area contributed by atoms with E-state index in [0.717, 1.165) is 33.1 Å². The number of aryl methyl sites for hydroxylation is 1. The molecule has 2 heterocycles. The largest absolute Gasteiger partial charge is 0.301 e. The molecule has 0 aliphatic rings.